The number of rotatable bonds is 6. The van der Waals surface area contributed by atoms with Crippen LogP contribution in [0, 0.1) is 0 Å². The van der Waals surface area contributed by atoms with Crippen molar-refractivity contribution >= 4 is 33.3 Å². The van der Waals surface area contributed by atoms with Crippen molar-refractivity contribution < 1.29 is 13.5 Å². The highest BCUT2D eigenvalue weighted by Gasteiger charge is 2.29. The fourth-order valence-corrected chi connectivity index (χ4v) is 5.65. The van der Waals surface area contributed by atoms with Crippen molar-refractivity contribution in [2.24, 2.45) is 5.14 Å². The fraction of sp³-hybridized carbons (Fsp3) is 0.636. The lowest BCUT2D eigenvalue weighted by Crippen LogP contribution is -2.35. The van der Waals surface area contributed by atoms with Crippen molar-refractivity contribution in [2.75, 3.05) is 26.2 Å². The van der Waals surface area contributed by atoms with Gasteiger partial charge in [-0.05, 0) is 36.5 Å². The lowest BCUT2D eigenvalue weighted by molar-refractivity contribution is 0.267. The molecule has 0 radical (unpaired) electrons. The number of sulfonamides is 1. The quantitative estimate of drug-likeness (QED) is 0.663. The summed E-state index contributed by atoms with van der Waals surface area (Å²) in [6.07, 6.45) is 0.703. The van der Waals surface area contributed by atoms with Crippen LogP contribution in [0.1, 0.15) is 24.9 Å². The predicted molar refractivity (Wildman–Crippen MR) is 81.2 cm³/mol. The number of hydrogen-bond donors (Lipinski definition) is 3. The number of likely N-dealkylation sites (N-methyl/N-ethyl adjacent to an activating group) is 1. The molecule has 9 heteroatoms. The van der Waals surface area contributed by atoms with Crippen molar-refractivity contribution in [1.82, 2.24) is 9.62 Å². The largest absolute Gasteiger partial charge is 0.396 e. The maximum absolute atomic E-state index is 11.5. The number of primary sulfonamides is 1. The summed E-state index contributed by atoms with van der Waals surface area (Å²) in [4.78, 5) is 0. The molecule has 1 aliphatic heterocycles. The van der Waals surface area contributed by atoms with Crippen molar-refractivity contribution in [3.63, 3.8) is 0 Å². The summed E-state index contributed by atoms with van der Waals surface area (Å²) in [7, 11) is -3.65. The summed E-state index contributed by atoms with van der Waals surface area (Å²) in [6.45, 7) is 4.54. The molecule has 0 spiro atoms. The number of aliphatic hydroxyl groups is 1. The van der Waals surface area contributed by atoms with Crippen molar-refractivity contribution in [3.8, 4) is 0 Å². The normalized spacial score (nSPS) is 20.1. The molecule has 0 saturated heterocycles. The van der Waals surface area contributed by atoms with Gasteiger partial charge in [0.2, 0.25) is 10.0 Å². The highest BCUT2D eigenvalue weighted by Crippen LogP contribution is 2.43. The Morgan fingerprint density at radius 3 is 2.95 bits per heavy atom. The highest BCUT2D eigenvalue weighted by atomic mass is 32.3. The molecular formula is C11H19N3O3S3. The molecule has 2 heterocycles. The number of fused-ring (bicyclic) bond motifs is 1. The minimum Gasteiger partial charge on any atom is -0.396 e. The van der Waals surface area contributed by atoms with Gasteiger partial charge in [0.15, 0.2) is 0 Å². The molecule has 1 aliphatic rings. The third-order valence-corrected chi connectivity index (χ3v) is 6.80. The molecule has 4 N–H and O–H groups in total. The van der Waals surface area contributed by atoms with Gasteiger partial charge in [0.05, 0.1) is 4.21 Å². The van der Waals surface area contributed by atoms with Crippen LogP contribution in [-0.4, -0.2) is 44.1 Å². The molecule has 6 nitrogen and oxygen atoms in total. The molecule has 20 heavy (non-hydrogen) atoms. The molecule has 0 bridgehead atoms. The van der Waals surface area contributed by atoms with Gasteiger partial charge in [-0.3, -0.25) is 0 Å². The fourth-order valence-electron chi connectivity index (χ4n) is 2.08. The Hall–Kier alpha value is -0.160. The summed E-state index contributed by atoms with van der Waals surface area (Å²) >= 11 is 2.76. The highest BCUT2D eigenvalue weighted by molar-refractivity contribution is 7.99. The summed E-state index contributed by atoms with van der Waals surface area (Å²) < 4.78 is 26.3. The molecule has 0 aliphatic carbocycles. The zero-order valence-corrected chi connectivity index (χ0v) is 13.7. The van der Waals surface area contributed by atoms with Crippen LogP contribution in [0.5, 0.6) is 0 Å². The first-order chi connectivity index (χ1) is 9.45. The van der Waals surface area contributed by atoms with E-state index in [4.69, 9.17) is 10.2 Å². The van der Waals surface area contributed by atoms with E-state index in [1.807, 2.05) is 6.92 Å². The minimum absolute atomic E-state index is 0.0988. The first-order valence-corrected chi connectivity index (χ1v) is 9.53. The predicted octanol–water partition coefficient (Wildman–Crippen LogP) is 0.751. The van der Waals surface area contributed by atoms with Crippen molar-refractivity contribution in [3.05, 3.63) is 11.6 Å². The Kier molecular flexibility index (Phi) is 5.46. The van der Waals surface area contributed by atoms with E-state index in [0.29, 0.717) is 6.42 Å². The van der Waals surface area contributed by atoms with Gasteiger partial charge in [-0.2, -0.15) is 0 Å². The molecule has 0 saturated carbocycles. The molecule has 0 amide bonds. The van der Waals surface area contributed by atoms with Gasteiger partial charge in [0, 0.05) is 25.7 Å². The Morgan fingerprint density at radius 2 is 2.35 bits per heavy atom. The van der Waals surface area contributed by atoms with Crippen LogP contribution in [-0.2, 0) is 10.0 Å². The SMILES string of the molecule is CCN[C@H]1CN(CCCO)Sc2sc(S(N)(=O)=O)cc21. The van der Waals surface area contributed by atoms with Gasteiger partial charge in [-0.1, -0.05) is 6.92 Å². The standard InChI is InChI=1S/C11H19N3O3S3/c1-2-13-9-7-14(4-3-5-15)19-11-8(9)6-10(18-11)20(12,16)17/h6,9,13,15H,2-5,7H2,1H3,(H2,12,16,17)/t9-/m0/s1. The van der Waals surface area contributed by atoms with Gasteiger partial charge in [0.25, 0.3) is 0 Å². The first-order valence-electron chi connectivity index (χ1n) is 6.39. The topological polar surface area (TPSA) is 95.7 Å². The molecule has 0 aromatic carbocycles. The zero-order valence-electron chi connectivity index (χ0n) is 11.2. The molecule has 1 aromatic rings. The number of nitrogens with two attached hydrogens (primary N) is 1. The monoisotopic (exact) mass is 337 g/mol. The van der Waals surface area contributed by atoms with Gasteiger partial charge in [-0.15, -0.1) is 11.3 Å². The Balaban J connectivity index is 2.27. The molecular weight excluding hydrogens is 318 g/mol. The van der Waals surface area contributed by atoms with E-state index in [-0.39, 0.29) is 16.9 Å². The second-order valence-corrected chi connectivity index (χ2v) is 8.73. The summed E-state index contributed by atoms with van der Waals surface area (Å²) in [6, 6.07) is 1.78. The number of nitrogens with one attached hydrogen (secondary N) is 1. The van der Waals surface area contributed by atoms with Gasteiger partial charge in [0.1, 0.15) is 4.21 Å². The summed E-state index contributed by atoms with van der Waals surface area (Å²) in [5.74, 6) is 0. The van der Waals surface area contributed by atoms with Crippen LogP contribution in [0.15, 0.2) is 14.5 Å². The van der Waals surface area contributed by atoms with Gasteiger partial charge < -0.3 is 10.4 Å². The van der Waals surface area contributed by atoms with E-state index in [1.54, 1.807) is 18.0 Å². The van der Waals surface area contributed by atoms with Crippen LogP contribution in [0.2, 0.25) is 0 Å². The van der Waals surface area contributed by atoms with E-state index in [2.05, 4.69) is 9.62 Å². The number of aliphatic hydroxyl groups excluding tert-OH is 1. The molecule has 0 unspecified atom stereocenters. The zero-order chi connectivity index (χ0) is 14.8. The summed E-state index contributed by atoms with van der Waals surface area (Å²) in [5, 5.41) is 17.5. The third-order valence-electron chi connectivity index (χ3n) is 2.97. The molecule has 1 aromatic heterocycles. The van der Waals surface area contributed by atoms with Crippen LogP contribution >= 0.6 is 23.3 Å². The van der Waals surface area contributed by atoms with Crippen LogP contribution in [0.3, 0.4) is 0 Å². The summed E-state index contributed by atoms with van der Waals surface area (Å²) in [5.41, 5.74) is 1.01. The Morgan fingerprint density at radius 1 is 1.60 bits per heavy atom. The van der Waals surface area contributed by atoms with E-state index < -0.39 is 10.0 Å². The number of hydrogen-bond acceptors (Lipinski definition) is 7. The first kappa shape index (κ1) is 16.2. The molecule has 114 valence electrons. The van der Waals surface area contributed by atoms with Crippen LogP contribution in [0.25, 0.3) is 0 Å². The van der Waals surface area contributed by atoms with E-state index >= 15 is 0 Å². The maximum atomic E-state index is 11.5. The number of nitrogens with zero attached hydrogens (tertiary/aromatic N) is 1. The van der Waals surface area contributed by atoms with E-state index in [9.17, 15) is 8.42 Å². The Bertz CT molecular complexity index is 559. The second kappa shape index (κ2) is 6.73. The van der Waals surface area contributed by atoms with Gasteiger partial charge in [-0.25, -0.2) is 17.9 Å². The minimum atomic E-state index is -3.65. The maximum Gasteiger partial charge on any atom is 0.247 e. The van der Waals surface area contributed by atoms with Crippen LogP contribution < -0.4 is 10.5 Å². The Labute approximate surface area is 127 Å². The molecule has 2 rings (SSSR count). The average molecular weight is 337 g/mol. The van der Waals surface area contributed by atoms with Gasteiger partial charge >= 0.3 is 0 Å². The van der Waals surface area contributed by atoms with Crippen molar-refractivity contribution in [1.29, 1.82) is 0 Å². The third kappa shape index (κ3) is 3.73. The van der Waals surface area contributed by atoms with Crippen molar-refractivity contribution in [2.45, 2.75) is 27.8 Å². The number of thiophene rings is 1. The smallest absolute Gasteiger partial charge is 0.247 e. The lowest BCUT2D eigenvalue weighted by Gasteiger charge is -2.31. The average Bonchev–Trinajstić information content (AvgIpc) is 2.80. The molecule has 0 fully saturated rings. The van der Waals surface area contributed by atoms with E-state index in [0.717, 1.165) is 29.4 Å². The molecule has 1 atom stereocenters. The second-order valence-electron chi connectivity index (χ2n) is 4.52. The lowest BCUT2D eigenvalue weighted by atomic mass is 10.1. The van der Waals surface area contributed by atoms with E-state index in [1.165, 1.54) is 11.3 Å². The van der Waals surface area contributed by atoms with Crippen LogP contribution in [0.4, 0.5) is 0 Å².